The molecule has 0 unspecified atom stereocenters. The topological polar surface area (TPSA) is 87.5 Å². The lowest BCUT2D eigenvalue weighted by molar-refractivity contribution is -0.0448. The second-order valence-corrected chi connectivity index (χ2v) is 15.8. The number of nitrogens with zero attached hydrogens (tertiary/aromatic N) is 4. The Labute approximate surface area is 289 Å². The standard InChI is InChI=1S/C37H41F4N5O3S/c1-25-43-33-7-2-3-8-34(33)46(25)32-22-30-13-14-31(23-32)45(30)20-17-36(28-5-4-6-29(38)21-28)15-18-44(19-16-36)35(47)27-11-9-26(10-12-27)24-42-50(48,49)37(39,40)41/h2-12,21,30-32,42H,13-20,22-24H2,1H3/t30-,31+,32+. The van der Waals surface area contributed by atoms with Crippen molar-refractivity contribution in [3.8, 4) is 0 Å². The molecule has 4 aromatic rings. The molecule has 0 aliphatic carbocycles. The van der Waals surface area contributed by atoms with Gasteiger partial charge in [-0.15, -0.1) is 0 Å². The Morgan fingerprint density at radius 2 is 1.62 bits per heavy atom. The van der Waals surface area contributed by atoms with E-state index in [4.69, 9.17) is 4.98 Å². The molecule has 3 fully saturated rings. The highest BCUT2D eigenvalue weighted by molar-refractivity contribution is 7.90. The maximum Gasteiger partial charge on any atom is 0.511 e. The molecule has 7 rings (SSSR count). The van der Waals surface area contributed by atoms with Crippen LogP contribution in [0, 0.1) is 12.7 Å². The summed E-state index contributed by atoms with van der Waals surface area (Å²) in [6.45, 7) is 3.40. The van der Waals surface area contributed by atoms with Crippen LogP contribution >= 0.6 is 0 Å². The number of aromatic nitrogens is 2. The van der Waals surface area contributed by atoms with Crippen molar-refractivity contribution in [2.24, 2.45) is 0 Å². The highest BCUT2D eigenvalue weighted by Crippen LogP contribution is 2.45. The average molecular weight is 712 g/mol. The fraction of sp³-hybridized carbons (Fsp3) is 0.459. The largest absolute Gasteiger partial charge is 0.511 e. The summed E-state index contributed by atoms with van der Waals surface area (Å²) in [5.41, 5.74) is -1.85. The number of sulfonamides is 1. The van der Waals surface area contributed by atoms with Crippen molar-refractivity contribution >= 4 is 27.0 Å². The third kappa shape index (κ3) is 6.67. The second kappa shape index (κ2) is 13.4. The zero-order chi connectivity index (χ0) is 35.3. The SMILES string of the molecule is Cc1nc2ccccc2n1[C@H]1C[C@H]2CC[C@@H](C1)N2CCC1(c2cccc(F)c2)CCN(C(=O)c2ccc(CNS(=O)(=O)C(F)(F)F)cc2)CC1. The molecule has 3 aliphatic heterocycles. The van der Waals surface area contributed by atoms with E-state index in [1.165, 1.54) is 40.6 Å². The summed E-state index contributed by atoms with van der Waals surface area (Å²) in [7, 11) is -5.47. The number of hydrogen-bond acceptors (Lipinski definition) is 5. The second-order valence-electron chi connectivity index (χ2n) is 14.1. The van der Waals surface area contributed by atoms with E-state index in [-0.39, 0.29) is 17.1 Å². The first-order valence-corrected chi connectivity index (χ1v) is 18.7. The van der Waals surface area contributed by atoms with Gasteiger partial charge in [0.25, 0.3) is 5.91 Å². The summed E-state index contributed by atoms with van der Waals surface area (Å²) in [6, 6.07) is 22.4. The maximum atomic E-state index is 14.6. The van der Waals surface area contributed by atoms with Gasteiger partial charge in [0.2, 0.25) is 0 Å². The molecule has 2 bridgehead atoms. The van der Waals surface area contributed by atoms with Gasteiger partial charge in [0.1, 0.15) is 11.6 Å². The molecule has 0 spiro atoms. The summed E-state index contributed by atoms with van der Waals surface area (Å²) in [5.74, 6) is 0.573. The summed E-state index contributed by atoms with van der Waals surface area (Å²) in [5, 5.41) is 0. The van der Waals surface area contributed by atoms with E-state index < -0.39 is 22.1 Å². The first kappa shape index (κ1) is 34.6. The van der Waals surface area contributed by atoms with Crippen molar-refractivity contribution in [3.63, 3.8) is 0 Å². The summed E-state index contributed by atoms with van der Waals surface area (Å²) in [6.07, 6.45) is 6.66. The number of piperidine rings is 2. The van der Waals surface area contributed by atoms with Gasteiger partial charge in [-0.2, -0.15) is 13.2 Å². The first-order chi connectivity index (χ1) is 23.8. The minimum absolute atomic E-state index is 0.206. The van der Waals surface area contributed by atoms with Gasteiger partial charge in [-0.3, -0.25) is 9.69 Å². The Balaban J connectivity index is 1.01. The summed E-state index contributed by atoms with van der Waals surface area (Å²) < 4.78 is 79.2. The number of imidazole rings is 1. The van der Waals surface area contributed by atoms with Gasteiger partial charge in [-0.05, 0) is 111 Å². The third-order valence-corrected chi connectivity index (χ3v) is 12.4. The van der Waals surface area contributed by atoms with E-state index in [0.717, 1.165) is 55.6 Å². The summed E-state index contributed by atoms with van der Waals surface area (Å²) in [4.78, 5) is 22.8. The minimum atomic E-state index is -5.47. The van der Waals surface area contributed by atoms with Crippen molar-refractivity contribution in [3.05, 3.63) is 101 Å². The monoisotopic (exact) mass is 711 g/mol. The van der Waals surface area contributed by atoms with E-state index in [9.17, 15) is 30.8 Å². The van der Waals surface area contributed by atoms with Crippen molar-refractivity contribution in [1.29, 1.82) is 0 Å². The lowest BCUT2D eigenvalue weighted by atomic mass is 9.70. The molecule has 1 aromatic heterocycles. The van der Waals surface area contributed by atoms with Gasteiger partial charge in [0, 0.05) is 43.3 Å². The van der Waals surface area contributed by atoms with Crippen LogP contribution < -0.4 is 4.72 Å². The lowest BCUT2D eigenvalue weighted by Gasteiger charge is -2.45. The number of hydrogen-bond donors (Lipinski definition) is 1. The molecule has 13 heteroatoms. The first-order valence-electron chi connectivity index (χ1n) is 17.2. The molecule has 8 nitrogen and oxygen atoms in total. The van der Waals surface area contributed by atoms with E-state index in [2.05, 4.69) is 34.6 Å². The number of amides is 1. The molecule has 0 saturated carbocycles. The van der Waals surface area contributed by atoms with Crippen molar-refractivity contribution in [2.45, 2.75) is 87.5 Å². The number of likely N-dealkylation sites (tertiary alicyclic amines) is 1. The van der Waals surface area contributed by atoms with Crippen molar-refractivity contribution in [2.75, 3.05) is 19.6 Å². The van der Waals surface area contributed by atoms with Crippen LogP contribution in [0.5, 0.6) is 0 Å². The minimum Gasteiger partial charge on any atom is -0.339 e. The Hall–Kier alpha value is -3.81. The molecule has 1 amide bonds. The molecule has 3 atom stereocenters. The van der Waals surface area contributed by atoms with Crippen LogP contribution in [0.1, 0.15) is 78.3 Å². The zero-order valence-electron chi connectivity index (χ0n) is 27.9. The Morgan fingerprint density at radius 3 is 2.28 bits per heavy atom. The van der Waals surface area contributed by atoms with E-state index in [0.29, 0.717) is 55.2 Å². The van der Waals surface area contributed by atoms with Crippen LogP contribution in [-0.2, 0) is 22.0 Å². The van der Waals surface area contributed by atoms with E-state index in [1.54, 1.807) is 17.0 Å². The van der Waals surface area contributed by atoms with Gasteiger partial charge < -0.3 is 9.47 Å². The number of rotatable bonds is 9. The predicted molar refractivity (Wildman–Crippen MR) is 182 cm³/mol. The molecule has 3 aliphatic rings. The van der Waals surface area contributed by atoms with Gasteiger partial charge >= 0.3 is 15.5 Å². The number of fused-ring (bicyclic) bond motifs is 3. The average Bonchev–Trinajstić information content (AvgIpc) is 3.56. The normalized spacial score (nSPS) is 22.7. The maximum absolute atomic E-state index is 14.6. The molecule has 4 heterocycles. The molecule has 3 aromatic carbocycles. The zero-order valence-corrected chi connectivity index (χ0v) is 28.7. The van der Waals surface area contributed by atoms with Crippen LogP contribution in [-0.4, -0.2) is 70.9 Å². The van der Waals surface area contributed by atoms with Crippen LogP contribution in [0.15, 0.2) is 72.8 Å². The molecule has 266 valence electrons. The number of benzene rings is 3. The van der Waals surface area contributed by atoms with Crippen LogP contribution in [0.3, 0.4) is 0 Å². The molecule has 1 N–H and O–H groups in total. The van der Waals surface area contributed by atoms with E-state index >= 15 is 0 Å². The van der Waals surface area contributed by atoms with Crippen LogP contribution in [0.2, 0.25) is 0 Å². The number of halogens is 4. The molecular weight excluding hydrogens is 670 g/mol. The highest BCUT2D eigenvalue weighted by atomic mass is 32.2. The molecule has 50 heavy (non-hydrogen) atoms. The number of carbonyl (C=O) groups is 1. The Bertz CT molecular complexity index is 1960. The number of para-hydroxylation sites is 2. The fourth-order valence-corrected chi connectivity index (χ4v) is 9.16. The number of nitrogens with one attached hydrogen (secondary N) is 1. The van der Waals surface area contributed by atoms with Crippen LogP contribution in [0.25, 0.3) is 11.0 Å². The number of alkyl halides is 3. The predicted octanol–water partition coefficient (Wildman–Crippen LogP) is 6.86. The lowest BCUT2D eigenvalue weighted by Crippen LogP contribution is -2.49. The molecule has 0 radical (unpaired) electrons. The van der Waals surface area contributed by atoms with Gasteiger partial charge in [-0.1, -0.05) is 36.4 Å². The quantitative estimate of drug-likeness (QED) is 0.192. The van der Waals surface area contributed by atoms with E-state index in [1.807, 2.05) is 12.1 Å². The van der Waals surface area contributed by atoms with Gasteiger partial charge in [0.05, 0.1) is 11.0 Å². The molecule has 3 saturated heterocycles. The van der Waals surface area contributed by atoms with Crippen molar-refractivity contribution in [1.82, 2.24) is 24.1 Å². The Morgan fingerprint density at radius 1 is 0.940 bits per heavy atom. The van der Waals surface area contributed by atoms with Crippen LogP contribution in [0.4, 0.5) is 17.6 Å². The highest BCUT2D eigenvalue weighted by Gasteiger charge is 2.46. The fourth-order valence-electron chi connectivity index (χ4n) is 8.64. The van der Waals surface area contributed by atoms with Gasteiger partial charge in [0.15, 0.2) is 0 Å². The Kier molecular flexibility index (Phi) is 9.27. The number of carbonyl (C=O) groups excluding carboxylic acids is 1. The molecular formula is C37H41F4N5O3S. The number of aryl methyl sites for hydroxylation is 1. The summed E-state index contributed by atoms with van der Waals surface area (Å²) >= 11 is 0. The smallest absolute Gasteiger partial charge is 0.339 e. The third-order valence-electron chi connectivity index (χ3n) is 11.3. The van der Waals surface area contributed by atoms with Crippen molar-refractivity contribution < 1.29 is 30.8 Å². The van der Waals surface area contributed by atoms with Gasteiger partial charge in [-0.25, -0.2) is 22.5 Å².